The van der Waals surface area contributed by atoms with E-state index in [0.717, 1.165) is 5.56 Å². The largest absolute Gasteiger partial charge is 0.340 e. The Hall–Kier alpha value is -1.03. The van der Waals surface area contributed by atoms with Gasteiger partial charge in [0.25, 0.3) is 0 Å². The van der Waals surface area contributed by atoms with Crippen LogP contribution >= 0.6 is 12.6 Å². The van der Waals surface area contributed by atoms with Gasteiger partial charge in [-0.05, 0) is 17.5 Å². The van der Waals surface area contributed by atoms with Crippen LogP contribution in [-0.4, -0.2) is 28.1 Å². The molecule has 0 bridgehead atoms. The van der Waals surface area contributed by atoms with Crippen molar-refractivity contribution in [1.82, 2.24) is 9.88 Å². The van der Waals surface area contributed by atoms with Crippen LogP contribution < -0.4 is 0 Å². The maximum Gasteiger partial charge on any atom is 0.235 e. The van der Waals surface area contributed by atoms with E-state index in [1.165, 1.54) is 0 Å². The Morgan fingerprint density at radius 3 is 2.75 bits per heavy atom. The Morgan fingerprint density at radius 1 is 1.56 bits per heavy atom. The molecule has 1 aromatic rings. The van der Waals surface area contributed by atoms with Crippen LogP contribution in [0.15, 0.2) is 24.5 Å². The highest BCUT2D eigenvalue weighted by atomic mass is 32.1. The molecular weight excluding hydrogens is 220 g/mol. The zero-order valence-electron chi connectivity index (χ0n) is 9.92. The fraction of sp³-hybridized carbons (Fsp3) is 0.500. The monoisotopic (exact) mass is 238 g/mol. The molecule has 1 unspecified atom stereocenters. The standard InChI is InChI=1S/C12H18N2OS/c1-9(2)11(16)12(15)14(3)8-10-5-4-6-13-7-10/h4-7,9,11,16H,8H2,1-3H3. The lowest BCUT2D eigenvalue weighted by molar-refractivity contribution is -0.130. The number of carbonyl (C=O) groups is 1. The number of carbonyl (C=O) groups excluding carboxylic acids is 1. The van der Waals surface area contributed by atoms with Gasteiger partial charge in [-0.2, -0.15) is 12.6 Å². The maximum absolute atomic E-state index is 11.9. The lowest BCUT2D eigenvalue weighted by Gasteiger charge is -2.22. The number of amides is 1. The van der Waals surface area contributed by atoms with Gasteiger partial charge in [0.15, 0.2) is 0 Å². The average molecular weight is 238 g/mol. The number of rotatable bonds is 4. The van der Waals surface area contributed by atoms with Gasteiger partial charge in [-0.1, -0.05) is 19.9 Å². The smallest absolute Gasteiger partial charge is 0.235 e. The maximum atomic E-state index is 11.9. The van der Waals surface area contributed by atoms with Gasteiger partial charge in [0.1, 0.15) is 0 Å². The minimum atomic E-state index is -0.235. The summed E-state index contributed by atoms with van der Waals surface area (Å²) in [5.41, 5.74) is 1.03. The van der Waals surface area contributed by atoms with Crippen LogP contribution in [0.5, 0.6) is 0 Å². The van der Waals surface area contributed by atoms with Crippen LogP contribution in [0.4, 0.5) is 0 Å². The Labute approximate surface area is 102 Å². The Morgan fingerprint density at radius 2 is 2.25 bits per heavy atom. The molecule has 4 heteroatoms. The minimum Gasteiger partial charge on any atom is -0.340 e. The van der Waals surface area contributed by atoms with Crippen molar-refractivity contribution in [3.05, 3.63) is 30.1 Å². The van der Waals surface area contributed by atoms with Crippen LogP contribution in [0.2, 0.25) is 0 Å². The predicted octanol–water partition coefficient (Wildman–Crippen LogP) is 1.99. The van der Waals surface area contributed by atoms with Crippen molar-refractivity contribution in [2.24, 2.45) is 5.92 Å². The molecule has 0 aliphatic carbocycles. The first-order valence-corrected chi connectivity index (χ1v) is 5.86. The summed E-state index contributed by atoms with van der Waals surface area (Å²) in [5, 5.41) is -0.235. The van der Waals surface area contributed by atoms with E-state index in [2.05, 4.69) is 17.6 Å². The lowest BCUT2D eigenvalue weighted by Crippen LogP contribution is -2.35. The highest BCUT2D eigenvalue weighted by Gasteiger charge is 2.21. The van der Waals surface area contributed by atoms with Crippen LogP contribution in [0.1, 0.15) is 19.4 Å². The molecule has 1 rings (SSSR count). The van der Waals surface area contributed by atoms with Crippen LogP contribution in [0, 0.1) is 5.92 Å². The molecule has 0 fully saturated rings. The van der Waals surface area contributed by atoms with E-state index in [1.54, 1.807) is 24.3 Å². The van der Waals surface area contributed by atoms with Crippen molar-refractivity contribution in [2.45, 2.75) is 25.6 Å². The lowest BCUT2D eigenvalue weighted by atomic mass is 10.1. The molecule has 1 aromatic heterocycles. The van der Waals surface area contributed by atoms with Gasteiger partial charge in [-0.25, -0.2) is 0 Å². The molecule has 1 amide bonds. The molecule has 0 aliphatic rings. The highest BCUT2D eigenvalue weighted by Crippen LogP contribution is 2.13. The Kier molecular flexibility index (Phi) is 4.80. The van der Waals surface area contributed by atoms with E-state index in [0.29, 0.717) is 6.54 Å². The van der Waals surface area contributed by atoms with Gasteiger partial charge in [-0.3, -0.25) is 9.78 Å². The SMILES string of the molecule is CC(C)C(S)C(=O)N(C)Cc1cccnc1. The number of hydrogen-bond donors (Lipinski definition) is 1. The van der Waals surface area contributed by atoms with Crippen molar-refractivity contribution in [1.29, 1.82) is 0 Å². The Bertz CT molecular complexity index is 340. The number of hydrogen-bond acceptors (Lipinski definition) is 3. The van der Waals surface area contributed by atoms with E-state index in [4.69, 9.17) is 0 Å². The molecule has 0 radical (unpaired) electrons. The van der Waals surface area contributed by atoms with E-state index >= 15 is 0 Å². The van der Waals surface area contributed by atoms with Crippen LogP contribution in [-0.2, 0) is 11.3 Å². The van der Waals surface area contributed by atoms with Crippen LogP contribution in [0.25, 0.3) is 0 Å². The molecule has 0 N–H and O–H groups in total. The summed E-state index contributed by atoms with van der Waals surface area (Å²) in [6.07, 6.45) is 3.49. The van der Waals surface area contributed by atoms with Gasteiger partial charge in [0, 0.05) is 26.0 Å². The zero-order chi connectivity index (χ0) is 12.1. The third-order valence-electron chi connectivity index (χ3n) is 2.40. The number of thiol groups is 1. The fourth-order valence-electron chi connectivity index (χ4n) is 1.35. The van der Waals surface area contributed by atoms with Gasteiger partial charge in [0.2, 0.25) is 5.91 Å². The second-order valence-corrected chi connectivity index (χ2v) is 4.80. The first-order chi connectivity index (χ1) is 7.52. The first-order valence-electron chi connectivity index (χ1n) is 5.34. The molecule has 1 heterocycles. The summed E-state index contributed by atoms with van der Waals surface area (Å²) < 4.78 is 0. The molecule has 3 nitrogen and oxygen atoms in total. The Balaban J connectivity index is 2.59. The number of pyridine rings is 1. The van der Waals surface area contributed by atoms with Gasteiger partial charge >= 0.3 is 0 Å². The van der Waals surface area contributed by atoms with Gasteiger partial charge in [0.05, 0.1) is 5.25 Å². The van der Waals surface area contributed by atoms with Crippen molar-refractivity contribution < 1.29 is 4.79 Å². The third-order valence-corrected chi connectivity index (χ3v) is 3.22. The number of aromatic nitrogens is 1. The van der Waals surface area contributed by atoms with Crippen molar-refractivity contribution >= 4 is 18.5 Å². The van der Waals surface area contributed by atoms with Crippen molar-refractivity contribution in [3.63, 3.8) is 0 Å². The summed E-state index contributed by atoms with van der Waals surface area (Å²) in [5.74, 6) is 0.300. The molecule has 1 atom stereocenters. The normalized spacial score (nSPS) is 12.6. The quantitative estimate of drug-likeness (QED) is 0.814. The summed E-state index contributed by atoms with van der Waals surface area (Å²) in [4.78, 5) is 17.6. The topological polar surface area (TPSA) is 33.2 Å². The summed E-state index contributed by atoms with van der Waals surface area (Å²) in [7, 11) is 1.79. The van der Waals surface area contributed by atoms with Gasteiger partial charge < -0.3 is 4.90 Å². The number of nitrogens with zero attached hydrogens (tertiary/aromatic N) is 2. The molecule has 0 saturated heterocycles. The predicted molar refractivity (Wildman–Crippen MR) is 68.3 cm³/mol. The van der Waals surface area contributed by atoms with Gasteiger partial charge in [-0.15, -0.1) is 0 Å². The average Bonchev–Trinajstić information content (AvgIpc) is 2.28. The summed E-state index contributed by atoms with van der Waals surface area (Å²) >= 11 is 4.32. The fourth-order valence-corrected chi connectivity index (χ4v) is 1.55. The second kappa shape index (κ2) is 5.89. The molecule has 0 aromatic carbocycles. The van der Waals surface area contributed by atoms with E-state index in [9.17, 15) is 4.79 Å². The second-order valence-electron chi connectivity index (χ2n) is 4.24. The third kappa shape index (κ3) is 3.52. The zero-order valence-corrected chi connectivity index (χ0v) is 10.8. The van der Waals surface area contributed by atoms with E-state index in [-0.39, 0.29) is 17.1 Å². The molecule has 0 aliphatic heterocycles. The van der Waals surface area contributed by atoms with E-state index < -0.39 is 0 Å². The van der Waals surface area contributed by atoms with Crippen molar-refractivity contribution in [3.8, 4) is 0 Å². The minimum absolute atomic E-state index is 0.0576. The highest BCUT2D eigenvalue weighted by molar-refractivity contribution is 7.81. The molecule has 88 valence electrons. The molecular formula is C12H18N2OS. The molecule has 0 saturated carbocycles. The summed E-state index contributed by atoms with van der Waals surface area (Å²) in [6, 6.07) is 3.83. The molecule has 0 spiro atoms. The van der Waals surface area contributed by atoms with E-state index in [1.807, 2.05) is 26.0 Å². The van der Waals surface area contributed by atoms with Crippen molar-refractivity contribution in [2.75, 3.05) is 7.05 Å². The first kappa shape index (κ1) is 13.0. The summed E-state index contributed by atoms with van der Waals surface area (Å²) in [6.45, 7) is 4.57. The molecule has 16 heavy (non-hydrogen) atoms. The van der Waals surface area contributed by atoms with Crippen LogP contribution in [0.3, 0.4) is 0 Å².